The molecule has 0 atom stereocenters. The molecule has 0 aliphatic rings. The van der Waals surface area contributed by atoms with Crippen LogP contribution in [0.25, 0.3) is 11.8 Å². The molecule has 0 bridgehead atoms. The van der Waals surface area contributed by atoms with Crippen LogP contribution in [-0.2, 0) is 4.79 Å². The number of nitriles is 1. The van der Waals surface area contributed by atoms with Crippen molar-refractivity contribution < 1.29 is 4.79 Å². The molecular formula is C23H19Cl2N3O. The molecule has 3 rings (SSSR count). The highest BCUT2D eigenvalue weighted by Gasteiger charge is 2.14. The first-order chi connectivity index (χ1) is 13.8. The minimum atomic E-state index is -0.508. The van der Waals surface area contributed by atoms with Gasteiger partial charge in [0.2, 0.25) is 0 Å². The van der Waals surface area contributed by atoms with E-state index in [-0.39, 0.29) is 5.57 Å². The Morgan fingerprint density at radius 3 is 2.48 bits per heavy atom. The molecule has 0 fully saturated rings. The molecule has 3 aromatic rings. The van der Waals surface area contributed by atoms with Crippen molar-refractivity contribution in [3.05, 3.63) is 86.7 Å². The molecule has 29 heavy (non-hydrogen) atoms. The monoisotopic (exact) mass is 423 g/mol. The molecule has 0 radical (unpaired) electrons. The second kappa shape index (κ2) is 8.57. The smallest absolute Gasteiger partial charge is 0.266 e. The van der Waals surface area contributed by atoms with Gasteiger partial charge in [0.05, 0.1) is 10.0 Å². The van der Waals surface area contributed by atoms with Gasteiger partial charge in [-0.2, -0.15) is 5.26 Å². The Morgan fingerprint density at radius 1 is 1.07 bits per heavy atom. The van der Waals surface area contributed by atoms with Gasteiger partial charge >= 0.3 is 0 Å². The van der Waals surface area contributed by atoms with Crippen molar-refractivity contribution >= 4 is 40.9 Å². The first-order valence-electron chi connectivity index (χ1n) is 8.94. The van der Waals surface area contributed by atoms with E-state index in [9.17, 15) is 10.1 Å². The Balaban J connectivity index is 1.93. The van der Waals surface area contributed by atoms with Crippen molar-refractivity contribution in [1.29, 1.82) is 5.26 Å². The van der Waals surface area contributed by atoms with E-state index in [1.165, 1.54) is 0 Å². The molecule has 146 valence electrons. The Labute approximate surface area is 180 Å². The third-order valence-electron chi connectivity index (χ3n) is 4.57. The summed E-state index contributed by atoms with van der Waals surface area (Å²) < 4.78 is 2.10. The average molecular weight is 424 g/mol. The molecule has 6 heteroatoms. The van der Waals surface area contributed by atoms with Crippen molar-refractivity contribution in [1.82, 2.24) is 4.57 Å². The van der Waals surface area contributed by atoms with Gasteiger partial charge in [-0.3, -0.25) is 4.79 Å². The van der Waals surface area contributed by atoms with Gasteiger partial charge in [0, 0.05) is 22.8 Å². The quantitative estimate of drug-likeness (QED) is 0.397. The van der Waals surface area contributed by atoms with Crippen molar-refractivity contribution in [3.8, 4) is 11.8 Å². The van der Waals surface area contributed by atoms with E-state index in [2.05, 4.69) is 16.0 Å². The number of nitrogens with one attached hydrogen (secondary N) is 1. The molecule has 4 nitrogen and oxygen atoms in total. The first-order valence-corrected chi connectivity index (χ1v) is 9.70. The molecule has 0 saturated heterocycles. The highest BCUT2D eigenvalue weighted by atomic mass is 35.5. The topological polar surface area (TPSA) is 57.8 Å². The number of benzene rings is 2. The lowest BCUT2D eigenvalue weighted by atomic mass is 10.1. The van der Waals surface area contributed by atoms with Crippen LogP contribution in [0.3, 0.4) is 0 Å². The van der Waals surface area contributed by atoms with Crippen LogP contribution in [0.15, 0.2) is 54.1 Å². The van der Waals surface area contributed by atoms with Gasteiger partial charge < -0.3 is 9.88 Å². The Hall–Kier alpha value is -3.00. The van der Waals surface area contributed by atoms with Gasteiger partial charge in [0.1, 0.15) is 11.6 Å². The van der Waals surface area contributed by atoms with Gasteiger partial charge in [0.15, 0.2) is 0 Å². The number of amides is 1. The number of nitrogens with zero attached hydrogens (tertiary/aromatic N) is 2. The summed E-state index contributed by atoms with van der Waals surface area (Å²) in [5.74, 6) is -0.508. The number of carbonyl (C=O) groups excluding carboxylic acids is 1. The number of hydrogen-bond acceptors (Lipinski definition) is 2. The van der Waals surface area contributed by atoms with Crippen LogP contribution >= 0.6 is 23.2 Å². The second-order valence-electron chi connectivity index (χ2n) is 6.75. The molecule has 2 aromatic carbocycles. The third-order valence-corrected chi connectivity index (χ3v) is 5.31. The van der Waals surface area contributed by atoms with E-state index in [0.29, 0.717) is 15.7 Å². The third kappa shape index (κ3) is 4.54. The second-order valence-corrected chi connectivity index (χ2v) is 7.57. The van der Waals surface area contributed by atoms with E-state index >= 15 is 0 Å². The normalized spacial score (nSPS) is 11.2. The lowest BCUT2D eigenvalue weighted by Gasteiger charge is -2.10. The largest absolute Gasteiger partial charge is 0.321 e. The number of rotatable bonds is 4. The molecule has 0 unspecified atom stereocenters. The Morgan fingerprint density at radius 2 is 1.83 bits per heavy atom. The molecule has 1 heterocycles. The number of anilines is 1. The zero-order valence-electron chi connectivity index (χ0n) is 16.3. The fraction of sp³-hybridized carbons (Fsp3) is 0.130. The molecule has 1 N–H and O–H groups in total. The SMILES string of the molecule is Cc1cccc(-n2c(C)cc(/C=C(/C#N)C(=O)Nc3ccc(Cl)c(Cl)c3)c2C)c1. The van der Waals surface area contributed by atoms with E-state index in [0.717, 1.165) is 28.2 Å². The predicted molar refractivity (Wildman–Crippen MR) is 119 cm³/mol. The number of halogens is 2. The number of aromatic nitrogens is 1. The lowest BCUT2D eigenvalue weighted by Crippen LogP contribution is -2.13. The maximum atomic E-state index is 12.6. The van der Waals surface area contributed by atoms with Gasteiger partial charge in [-0.1, -0.05) is 35.3 Å². The number of hydrogen-bond donors (Lipinski definition) is 1. The van der Waals surface area contributed by atoms with Crippen LogP contribution < -0.4 is 5.32 Å². The van der Waals surface area contributed by atoms with E-state index in [1.807, 2.05) is 51.1 Å². The summed E-state index contributed by atoms with van der Waals surface area (Å²) in [6.07, 6.45) is 1.60. The van der Waals surface area contributed by atoms with Gasteiger partial charge in [-0.15, -0.1) is 0 Å². The van der Waals surface area contributed by atoms with Crippen molar-refractivity contribution in [2.45, 2.75) is 20.8 Å². The van der Waals surface area contributed by atoms with Gasteiger partial charge in [-0.05, 0) is 74.4 Å². The standard InChI is InChI=1S/C23H19Cl2N3O/c1-14-5-4-6-20(9-14)28-15(2)10-17(16(28)3)11-18(13-26)23(29)27-19-7-8-21(24)22(25)12-19/h4-12H,1-3H3,(H,27,29)/b18-11-. The molecule has 0 aliphatic carbocycles. The molecule has 0 aliphatic heterocycles. The minimum Gasteiger partial charge on any atom is -0.321 e. The zero-order valence-corrected chi connectivity index (χ0v) is 17.8. The van der Waals surface area contributed by atoms with E-state index in [4.69, 9.17) is 23.2 Å². The molecular weight excluding hydrogens is 405 g/mol. The molecule has 0 saturated carbocycles. The summed E-state index contributed by atoms with van der Waals surface area (Å²) in [7, 11) is 0. The first kappa shape index (κ1) is 20.7. The van der Waals surface area contributed by atoms with Crippen molar-refractivity contribution in [2.75, 3.05) is 5.32 Å². The van der Waals surface area contributed by atoms with Crippen molar-refractivity contribution in [3.63, 3.8) is 0 Å². The fourth-order valence-electron chi connectivity index (χ4n) is 3.17. The Kier molecular flexibility index (Phi) is 6.12. The summed E-state index contributed by atoms with van der Waals surface area (Å²) in [5.41, 5.74) is 5.44. The highest BCUT2D eigenvalue weighted by molar-refractivity contribution is 6.42. The summed E-state index contributed by atoms with van der Waals surface area (Å²) in [6, 6.07) is 16.9. The maximum absolute atomic E-state index is 12.6. The van der Waals surface area contributed by atoms with Crippen LogP contribution in [0, 0.1) is 32.1 Å². The van der Waals surface area contributed by atoms with Gasteiger partial charge in [-0.25, -0.2) is 0 Å². The summed E-state index contributed by atoms with van der Waals surface area (Å²) >= 11 is 11.9. The van der Waals surface area contributed by atoms with Crippen LogP contribution in [0.5, 0.6) is 0 Å². The Bertz CT molecular complexity index is 1170. The minimum absolute atomic E-state index is 0.000523. The summed E-state index contributed by atoms with van der Waals surface area (Å²) in [5, 5.41) is 12.9. The molecule has 0 spiro atoms. The number of carbonyl (C=O) groups is 1. The van der Waals surface area contributed by atoms with E-state index in [1.54, 1.807) is 24.3 Å². The summed E-state index contributed by atoms with van der Waals surface area (Å²) in [4.78, 5) is 12.6. The molecule has 1 aromatic heterocycles. The number of aryl methyl sites for hydroxylation is 2. The van der Waals surface area contributed by atoms with Crippen LogP contribution in [0.4, 0.5) is 5.69 Å². The van der Waals surface area contributed by atoms with Crippen molar-refractivity contribution in [2.24, 2.45) is 0 Å². The zero-order chi connectivity index (χ0) is 21.1. The van der Waals surface area contributed by atoms with Gasteiger partial charge in [0.25, 0.3) is 5.91 Å². The maximum Gasteiger partial charge on any atom is 0.266 e. The highest BCUT2D eigenvalue weighted by Crippen LogP contribution is 2.26. The predicted octanol–water partition coefficient (Wildman–Crippen LogP) is 6.26. The van der Waals surface area contributed by atoms with Crippen LogP contribution in [0.2, 0.25) is 10.0 Å². The fourth-order valence-corrected chi connectivity index (χ4v) is 3.47. The average Bonchev–Trinajstić information content (AvgIpc) is 2.95. The summed E-state index contributed by atoms with van der Waals surface area (Å²) in [6.45, 7) is 6.00. The van der Waals surface area contributed by atoms with Crippen LogP contribution in [0.1, 0.15) is 22.5 Å². The molecule has 1 amide bonds. The lowest BCUT2D eigenvalue weighted by molar-refractivity contribution is -0.112. The van der Waals surface area contributed by atoms with Crippen LogP contribution in [-0.4, -0.2) is 10.5 Å². The van der Waals surface area contributed by atoms with E-state index < -0.39 is 5.91 Å².